The topological polar surface area (TPSA) is 101 Å². The molecule has 1 amide bonds. The average Bonchev–Trinajstić information content (AvgIpc) is 2.90. The lowest BCUT2D eigenvalue weighted by molar-refractivity contribution is 0.1000. The molecule has 182 valence electrons. The number of carbonyl (C=O) groups is 1. The van der Waals surface area contributed by atoms with Gasteiger partial charge in [-0.1, -0.05) is 64.1 Å². The van der Waals surface area contributed by atoms with Gasteiger partial charge in [0.15, 0.2) is 0 Å². The van der Waals surface area contributed by atoms with E-state index in [1.54, 1.807) is 19.2 Å². The zero-order valence-corrected chi connectivity index (χ0v) is 21.3. The highest BCUT2D eigenvalue weighted by molar-refractivity contribution is 5.99. The van der Waals surface area contributed by atoms with Gasteiger partial charge < -0.3 is 4.74 Å². The monoisotopic (exact) mass is 487 g/mol. The van der Waals surface area contributed by atoms with Crippen LogP contribution in [0.4, 0.5) is 0 Å². The van der Waals surface area contributed by atoms with Crippen molar-refractivity contribution < 1.29 is 9.53 Å². The number of hydrogen-bond donors (Lipinski definition) is 0. The summed E-state index contributed by atoms with van der Waals surface area (Å²) in [6, 6.07) is 20.0. The molecule has 2 aromatic heterocycles. The van der Waals surface area contributed by atoms with Crippen LogP contribution in [0.5, 0.6) is 5.75 Å². The van der Waals surface area contributed by atoms with Crippen molar-refractivity contribution in [2.24, 2.45) is 5.11 Å². The van der Waals surface area contributed by atoms with E-state index >= 15 is 0 Å². The maximum absolute atomic E-state index is 12.7. The van der Waals surface area contributed by atoms with E-state index in [4.69, 9.17) is 20.2 Å². The molecule has 4 aromatic rings. The Kier molecular flexibility index (Phi) is 4.81. The predicted molar refractivity (Wildman–Crippen MR) is 143 cm³/mol. The molecule has 4 heterocycles. The molecule has 2 aromatic carbocycles. The number of amides is 1. The van der Waals surface area contributed by atoms with E-state index in [1.807, 2.05) is 30.3 Å². The lowest BCUT2D eigenvalue weighted by atomic mass is 9.68. The molecule has 2 aliphatic rings. The van der Waals surface area contributed by atoms with Gasteiger partial charge in [0.1, 0.15) is 5.75 Å². The Hall–Kier alpha value is -4.48. The van der Waals surface area contributed by atoms with Crippen molar-refractivity contribution in [2.45, 2.75) is 38.5 Å². The molecule has 37 heavy (non-hydrogen) atoms. The lowest BCUT2D eigenvalue weighted by Gasteiger charge is -2.37. The third-order valence-corrected chi connectivity index (χ3v) is 7.80. The van der Waals surface area contributed by atoms with Crippen LogP contribution in [0.15, 0.2) is 65.8 Å². The average molecular weight is 488 g/mol. The lowest BCUT2D eigenvalue weighted by Crippen LogP contribution is -2.28. The van der Waals surface area contributed by atoms with E-state index in [0.29, 0.717) is 11.3 Å². The van der Waals surface area contributed by atoms with E-state index in [-0.39, 0.29) is 0 Å². The van der Waals surface area contributed by atoms with Gasteiger partial charge >= 0.3 is 0 Å². The fraction of sp³-hybridized carbons (Fsp3) is 0.233. The Balaban J connectivity index is 1.83. The number of aromatic nitrogens is 2. The Labute approximate surface area is 214 Å². The van der Waals surface area contributed by atoms with E-state index in [1.165, 1.54) is 0 Å². The quantitative estimate of drug-likeness (QED) is 0.169. The molecule has 6 rings (SSSR count). The number of hydrogen-bond acceptors (Lipinski definition) is 4. The van der Waals surface area contributed by atoms with Crippen molar-refractivity contribution in [3.63, 3.8) is 0 Å². The van der Waals surface area contributed by atoms with Crippen molar-refractivity contribution in [3.8, 4) is 39.4 Å². The molecule has 0 unspecified atom stereocenters. The van der Waals surface area contributed by atoms with Gasteiger partial charge in [-0.05, 0) is 45.0 Å². The second-order valence-corrected chi connectivity index (χ2v) is 10.6. The number of benzene rings is 2. The van der Waals surface area contributed by atoms with Crippen LogP contribution >= 0.6 is 0 Å². The Bertz CT molecular complexity index is 1700. The summed E-state index contributed by atoms with van der Waals surface area (Å²) in [4.78, 5) is 25.6. The van der Waals surface area contributed by atoms with Crippen molar-refractivity contribution in [2.75, 3.05) is 7.11 Å². The molecule has 7 nitrogen and oxygen atoms in total. The second kappa shape index (κ2) is 7.76. The first-order chi connectivity index (χ1) is 17.7. The third-order valence-electron chi connectivity index (χ3n) is 7.80. The number of rotatable bonds is 2. The minimum Gasteiger partial charge on any atom is -0.497 e. The third kappa shape index (κ3) is 3.21. The van der Waals surface area contributed by atoms with Gasteiger partial charge in [-0.3, -0.25) is 14.8 Å². The summed E-state index contributed by atoms with van der Waals surface area (Å²) >= 11 is 0. The van der Waals surface area contributed by atoms with Crippen LogP contribution in [0.2, 0.25) is 0 Å². The highest BCUT2D eigenvalue weighted by Gasteiger charge is 2.39. The van der Waals surface area contributed by atoms with Crippen LogP contribution in [0.1, 0.15) is 60.6 Å². The van der Waals surface area contributed by atoms with E-state index in [0.717, 1.165) is 56.2 Å². The summed E-state index contributed by atoms with van der Waals surface area (Å²) in [5.41, 5.74) is 17.7. The van der Waals surface area contributed by atoms with Crippen LogP contribution in [0, 0.1) is 0 Å². The summed E-state index contributed by atoms with van der Waals surface area (Å²) in [6.07, 6.45) is 0. The fourth-order valence-corrected chi connectivity index (χ4v) is 5.68. The van der Waals surface area contributed by atoms with Gasteiger partial charge in [0.2, 0.25) is 5.91 Å². The Morgan fingerprint density at radius 3 is 1.92 bits per heavy atom. The minimum atomic E-state index is -0.622. The van der Waals surface area contributed by atoms with E-state index in [2.05, 4.69) is 55.9 Å². The first kappa shape index (κ1) is 23.0. The van der Waals surface area contributed by atoms with Crippen LogP contribution < -0.4 is 4.74 Å². The molecule has 7 heteroatoms. The van der Waals surface area contributed by atoms with Gasteiger partial charge in [0.05, 0.1) is 29.9 Å². The first-order valence-electron chi connectivity index (χ1n) is 12.1. The number of fused-ring (bicyclic) bond motifs is 6. The summed E-state index contributed by atoms with van der Waals surface area (Å²) < 4.78 is 5.69. The van der Waals surface area contributed by atoms with Gasteiger partial charge in [-0.25, -0.2) is 0 Å². The zero-order valence-electron chi connectivity index (χ0n) is 21.3. The van der Waals surface area contributed by atoms with Crippen molar-refractivity contribution in [1.29, 1.82) is 0 Å². The van der Waals surface area contributed by atoms with Crippen LogP contribution in [0.25, 0.3) is 44.1 Å². The molecular formula is C30H25N5O2. The minimum absolute atomic E-state index is 0.324. The van der Waals surface area contributed by atoms with Gasteiger partial charge in [-0.15, -0.1) is 0 Å². The van der Waals surface area contributed by atoms with Crippen molar-refractivity contribution in [3.05, 3.63) is 99.2 Å². The molecular weight excluding hydrogens is 462 g/mol. The number of azide groups is 1. The maximum atomic E-state index is 12.7. The molecule has 0 N–H and O–H groups in total. The zero-order chi connectivity index (χ0) is 26.1. The van der Waals surface area contributed by atoms with Gasteiger partial charge in [0, 0.05) is 44.6 Å². The Morgan fingerprint density at radius 2 is 1.38 bits per heavy atom. The maximum Gasteiger partial charge on any atom is 0.249 e. The Morgan fingerprint density at radius 1 is 0.838 bits per heavy atom. The normalized spacial score (nSPS) is 15.2. The van der Waals surface area contributed by atoms with E-state index < -0.39 is 16.7 Å². The molecule has 0 spiro atoms. The van der Waals surface area contributed by atoms with Crippen LogP contribution in [0.3, 0.4) is 0 Å². The smallest absolute Gasteiger partial charge is 0.249 e. The standard InChI is InChI=1S/C30H25N5O2/c1-29(2)20-10-7-9-19-23-14-17(37-5)15-25(33-23)30(3,4)21-11-6-8-18(26(21)27(19)20)22-12-16(13-24(29)32-22)28(36)34-35-31/h6-15H,1-5H3. The van der Waals surface area contributed by atoms with E-state index in [9.17, 15) is 4.79 Å². The second-order valence-electron chi connectivity index (χ2n) is 10.6. The summed E-state index contributed by atoms with van der Waals surface area (Å²) in [5.74, 6) is 0.145. The number of nitrogens with zero attached hydrogens (tertiary/aromatic N) is 5. The highest BCUT2D eigenvalue weighted by Crippen LogP contribution is 2.53. The number of ether oxygens (including phenoxy) is 1. The van der Waals surface area contributed by atoms with Crippen molar-refractivity contribution >= 4 is 5.91 Å². The van der Waals surface area contributed by atoms with Gasteiger partial charge in [0.25, 0.3) is 0 Å². The molecule has 2 aliphatic heterocycles. The number of pyridine rings is 2. The summed E-state index contributed by atoms with van der Waals surface area (Å²) in [5, 5.41) is 3.36. The fourth-order valence-electron chi connectivity index (χ4n) is 5.68. The SMILES string of the molecule is COc1cc2nc(c1)C(C)(C)c1cccc3c1-c1c-2cccc1C(C)(C)c1cc(C(=O)N=[N+]=[N-])cc-3n1. The van der Waals surface area contributed by atoms with Gasteiger partial charge in [-0.2, -0.15) is 0 Å². The number of carbonyl (C=O) groups excluding carboxylic acids is 1. The highest BCUT2D eigenvalue weighted by atomic mass is 16.5. The first-order valence-corrected chi connectivity index (χ1v) is 12.1. The largest absolute Gasteiger partial charge is 0.497 e. The molecule has 0 atom stereocenters. The summed E-state index contributed by atoms with van der Waals surface area (Å²) in [7, 11) is 1.68. The molecule has 0 saturated heterocycles. The molecule has 0 fully saturated rings. The molecule has 0 aliphatic carbocycles. The predicted octanol–water partition coefficient (Wildman–Crippen LogP) is 7.22. The number of methoxy groups -OCH3 is 1. The van der Waals surface area contributed by atoms with Crippen molar-refractivity contribution in [1.82, 2.24) is 9.97 Å². The molecule has 0 saturated carbocycles. The van der Waals surface area contributed by atoms with Crippen LogP contribution in [-0.2, 0) is 10.8 Å². The molecule has 4 bridgehead atoms. The molecule has 0 radical (unpaired) electrons. The summed E-state index contributed by atoms with van der Waals surface area (Å²) in [6.45, 7) is 8.56. The van der Waals surface area contributed by atoms with Crippen LogP contribution in [-0.4, -0.2) is 23.0 Å².